The summed E-state index contributed by atoms with van der Waals surface area (Å²) in [6, 6.07) is 3.66. The van der Waals surface area contributed by atoms with Crippen molar-refractivity contribution in [1.82, 2.24) is 9.97 Å². The Kier molecular flexibility index (Phi) is 6.73. The highest BCUT2D eigenvalue weighted by Crippen LogP contribution is 2.69. The second-order valence-electron chi connectivity index (χ2n) is 8.23. The summed E-state index contributed by atoms with van der Waals surface area (Å²) in [4.78, 5) is 20.6. The largest absolute Gasteiger partial charge is 0.424 e. The van der Waals surface area contributed by atoms with Crippen molar-refractivity contribution in [2.75, 3.05) is 11.9 Å². The number of nitrogens with one attached hydrogen (secondary N) is 1. The number of esters is 1. The summed E-state index contributed by atoms with van der Waals surface area (Å²) in [6.45, 7) is 0.196. The number of carbonyl (C=O) groups excluding carboxylic acids is 1. The third-order valence-corrected chi connectivity index (χ3v) is 7.20. The van der Waals surface area contributed by atoms with E-state index in [0.29, 0.717) is 26.6 Å². The first-order chi connectivity index (χ1) is 17.8. The second kappa shape index (κ2) is 9.04. The summed E-state index contributed by atoms with van der Waals surface area (Å²) in [7, 11) is 0. The van der Waals surface area contributed by atoms with Crippen molar-refractivity contribution < 1.29 is 57.8 Å². The van der Waals surface area contributed by atoms with Crippen LogP contribution in [0.2, 0.25) is 5.02 Å². The molecule has 0 spiro atoms. The molecule has 0 aliphatic heterocycles. The van der Waals surface area contributed by atoms with Crippen molar-refractivity contribution in [2.24, 2.45) is 0 Å². The average Bonchev–Trinajstić information content (AvgIpc) is 3.24. The molecule has 1 aliphatic carbocycles. The first-order valence-electron chi connectivity index (χ1n) is 10.4. The minimum Gasteiger partial charge on any atom is -0.424 e. The molecule has 5 nitrogen and oxygen atoms in total. The molecule has 2 heterocycles. The molecule has 39 heavy (non-hydrogen) atoms. The van der Waals surface area contributed by atoms with E-state index in [2.05, 4.69) is 20.0 Å². The molecule has 1 aromatic carbocycles. The van der Waals surface area contributed by atoms with Gasteiger partial charge in [0.2, 0.25) is 0 Å². The van der Waals surface area contributed by atoms with E-state index in [1.165, 1.54) is 17.7 Å². The zero-order chi connectivity index (χ0) is 29.2. The maximum Gasteiger partial charge on any atom is 0.384 e. The number of fused-ring (bicyclic) bond motifs is 1. The van der Waals surface area contributed by atoms with Gasteiger partial charge >= 0.3 is 41.3 Å². The van der Waals surface area contributed by atoms with Crippen molar-refractivity contribution in [1.29, 1.82) is 0 Å². The molecular formula is C21H11ClF11N3O2S. The van der Waals surface area contributed by atoms with Crippen LogP contribution in [0, 0.1) is 0 Å². The number of alkyl halides is 11. The van der Waals surface area contributed by atoms with Crippen LogP contribution in [0.25, 0.3) is 10.2 Å². The molecule has 1 N–H and O–H groups in total. The third kappa shape index (κ3) is 3.82. The highest BCUT2D eigenvalue weighted by atomic mass is 35.5. The van der Waals surface area contributed by atoms with Crippen molar-refractivity contribution >= 4 is 44.9 Å². The van der Waals surface area contributed by atoms with E-state index in [-0.39, 0.29) is 13.0 Å². The minimum absolute atomic E-state index is 0.193. The minimum atomic E-state index is -7.43. The van der Waals surface area contributed by atoms with Crippen molar-refractivity contribution in [3.63, 3.8) is 0 Å². The molecule has 4 rings (SSSR count). The van der Waals surface area contributed by atoms with Crippen LogP contribution in [-0.4, -0.2) is 57.8 Å². The van der Waals surface area contributed by atoms with Gasteiger partial charge in [0.05, 0.1) is 10.4 Å². The smallest absolute Gasteiger partial charge is 0.384 e. The molecule has 3 aromatic rings. The van der Waals surface area contributed by atoms with Gasteiger partial charge in [-0.15, -0.1) is 11.3 Å². The third-order valence-electron chi connectivity index (χ3n) is 5.89. The Bertz CT molecular complexity index is 1390. The summed E-state index contributed by atoms with van der Waals surface area (Å²) in [5, 5.41) is 5.55. The van der Waals surface area contributed by atoms with Gasteiger partial charge in [-0.3, -0.25) is 0 Å². The number of anilines is 1. The molecule has 0 unspecified atom stereocenters. The second-order valence-corrected chi connectivity index (χ2v) is 9.49. The lowest BCUT2D eigenvalue weighted by molar-refractivity contribution is -0.477. The molecule has 1 saturated carbocycles. The topological polar surface area (TPSA) is 64.1 Å². The lowest BCUT2D eigenvalue weighted by Crippen LogP contribution is -2.85. The lowest BCUT2D eigenvalue weighted by atomic mass is 9.72. The Hall–Kier alpha value is -2.95. The van der Waals surface area contributed by atoms with Gasteiger partial charge in [0.25, 0.3) is 0 Å². The Balaban J connectivity index is 1.50. The van der Waals surface area contributed by atoms with Gasteiger partial charge in [-0.05, 0) is 24.1 Å². The summed E-state index contributed by atoms with van der Waals surface area (Å²) < 4.78 is 156. The van der Waals surface area contributed by atoms with E-state index in [0.717, 1.165) is 24.3 Å². The zero-order valence-corrected chi connectivity index (χ0v) is 20.1. The molecule has 0 amide bonds. The average molecular weight is 614 g/mol. The molecule has 0 radical (unpaired) electrons. The summed E-state index contributed by atoms with van der Waals surface area (Å²) in [5.41, 5.74) is -6.46. The highest BCUT2D eigenvalue weighted by molar-refractivity contribution is 7.17. The molecular weight excluding hydrogens is 603 g/mol. The number of carbonyl (C=O) groups is 1. The molecule has 0 bridgehead atoms. The van der Waals surface area contributed by atoms with Crippen LogP contribution < -0.4 is 10.1 Å². The maximum absolute atomic E-state index is 14.8. The number of hydrogen-bond donors (Lipinski definition) is 1. The number of benzene rings is 1. The van der Waals surface area contributed by atoms with Crippen LogP contribution in [-0.2, 0) is 11.2 Å². The fourth-order valence-corrected chi connectivity index (χ4v) is 4.81. The number of halogens is 12. The molecule has 1 fully saturated rings. The van der Waals surface area contributed by atoms with Crippen LogP contribution in [0.3, 0.4) is 0 Å². The van der Waals surface area contributed by atoms with Gasteiger partial charge in [-0.2, -0.15) is 43.9 Å². The van der Waals surface area contributed by atoms with Crippen LogP contribution in [0.1, 0.15) is 5.56 Å². The monoisotopic (exact) mass is 613 g/mol. The molecule has 18 heteroatoms. The van der Waals surface area contributed by atoms with Gasteiger partial charge in [0.15, 0.2) is 0 Å². The summed E-state index contributed by atoms with van der Waals surface area (Å²) >= 11 is 7.36. The fraction of sp³-hybridized carbons (Fsp3) is 0.381. The van der Waals surface area contributed by atoms with Gasteiger partial charge in [-0.25, -0.2) is 19.2 Å². The molecule has 0 saturated heterocycles. The van der Waals surface area contributed by atoms with E-state index in [1.807, 2.05) is 0 Å². The van der Waals surface area contributed by atoms with Crippen molar-refractivity contribution in [3.05, 3.63) is 46.6 Å². The predicted octanol–water partition coefficient (Wildman–Crippen LogP) is 6.80. The van der Waals surface area contributed by atoms with E-state index in [1.54, 1.807) is 5.38 Å². The van der Waals surface area contributed by atoms with Crippen LogP contribution in [0.4, 0.5) is 54.1 Å². The highest BCUT2D eigenvalue weighted by Gasteiger charge is 3.03. The number of rotatable bonds is 6. The molecule has 1 aliphatic rings. The number of ether oxygens (including phenoxy) is 1. The van der Waals surface area contributed by atoms with Gasteiger partial charge in [-0.1, -0.05) is 23.7 Å². The van der Waals surface area contributed by atoms with Crippen molar-refractivity contribution in [2.45, 2.75) is 41.7 Å². The normalized spacial score (nSPS) is 21.8. The first kappa shape index (κ1) is 29.0. The van der Waals surface area contributed by atoms with E-state index < -0.39 is 47.0 Å². The predicted molar refractivity (Wildman–Crippen MR) is 115 cm³/mol. The summed E-state index contributed by atoms with van der Waals surface area (Å²) in [5.74, 6) is -41.1. The number of hydrogen-bond acceptors (Lipinski definition) is 6. The van der Waals surface area contributed by atoms with Crippen LogP contribution in [0.5, 0.6) is 5.75 Å². The first-order valence-corrected chi connectivity index (χ1v) is 11.6. The maximum atomic E-state index is 14.8. The van der Waals surface area contributed by atoms with Crippen LogP contribution >= 0.6 is 22.9 Å². The van der Waals surface area contributed by atoms with E-state index in [4.69, 9.17) is 11.6 Å². The Morgan fingerprint density at radius 2 is 1.38 bits per heavy atom. The molecule has 0 atom stereocenters. The Labute approximate surface area is 218 Å². The quantitative estimate of drug-likeness (QED) is 0.188. The van der Waals surface area contributed by atoms with Gasteiger partial charge in [0, 0.05) is 11.9 Å². The molecule has 2 aromatic heterocycles. The van der Waals surface area contributed by atoms with E-state index in [9.17, 15) is 53.1 Å². The summed E-state index contributed by atoms with van der Waals surface area (Å²) in [6.07, 6.45) is 1.47. The fourth-order valence-electron chi connectivity index (χ4n) is 3.68. The number of nitrogens with zero attached hydrogens (tertiary/aromatic N) is 2. The van der Waals surface area contributed by atoms with E-state index >= 15 is 0 Å². The van der Waals surface area contributed by atoms with Gasteiger partial charge < -0.3 is 10.1 Å². The SMILES string of the molecule is O=C(Oc1ccc(CCNc2ncnc3scc(Cl)c23)cc1)C1(F)C(F)(F)C(F)(F)C(F)(F)C(F)(F)C1(F)F. The Morgan fingerprint density at radius 3 is 1.95 bits per heavy atom. The Morgan fingerprint density at radius 1 is 0.846 bits per heavy atom. The van der Waals surface area contributed by atoms with Gasteiger partial charge in [0.1, 0.15) is 22.7 Å². The number of thiophene rings is 1. The zero-order valence-electron chi connectivity index (χ0n) is 18.5. The van der Waals surface area contributed by atoms with Crippen molar-refractivity contribution in [3.8, 4) is 5.75 Å². The number of aromatic nitrogens is 2. The lowest BCUT2D eigenvalue weighted by Gasteiger charge is -2.50. The van der Waals surface area contributed by atoms with Crippen LogP contribution in [0.15, 0.2) is 36.0 Å². The standard InChI is InChI=1S/C21H11ClF11N3O2S/c22-11-7-39-14-12(11)13(35-8-36-14)34-6-5-9-1-3-10(4-2-9)38-15(37)16(23)17(24,25)19(28,29)21(32,33)20(30,31)18(16,26)27/h1-4,7-8H,5-6H2,(H,34,35,36). The molecule has 212 valence electrons.